The maximum Gasteiger partial charge on any atom is 0.249 e. The SMILES string of the molecule is NC(=O)c1cccc(C(N)=O)c1-c1ccc(CCc2ccccc2)cc1F. The summed E-state index contributed by atoms with van der Waals surface area (Å²) >= 11 is 0. The Labute approximate surface area is 156 Å². The average Bonchev–Trinajstić information content (AvgIpc) is 2.66. The molecule has 27 heavy (non-hydrogen) atoms. The molecule has 0 atom stereocenters. The second-order valence-electron chi connectivity index (χ2n) is 6.26. The fraction of sp³-hybridized carbons (Fsp3) is 0.0909. The lowest BCUT2D eigenvalue weighted by Gasteiger charge is -2.13. The number of halogens is 1. The molecule has 0 fully saturated rings. The quantitative estimate of drug-likeness (QED) is 0.703. The molecule has 4 nitrogen and oxygen atoms in total. The van der Waals surface area contributed by atoms with Crippen molar-refractivity contribution < 1.29 is 14.0 Å². The number of carbonyl (C=O) groups excluding carboxylic acids is 2. The molecule has 0 saturated heterocycles. The molecule has 3 aromatic rings. The van der Waals surface area contributed by atoms with Gasteiger partial charge in [0.05, 0.1) is 0 Å². The molecule has 0 saturated carbocycles. The third-order valence-corrected chi connectivity index (χ3v) is 4.44. The van der Waals surface area contributed by atoms with E-state index in [-0.39, 0.29) is 22.3 Å². The van der Waals surface area contributed by atoms with Crippen LogP contribution in [0.4, 0.5) is 4.39 Å². The number of amides is 2. The molecule has 0 aliphatic rings. The predicted octanol–water partition coefficient (Wildman–Crippen LogP) is 3.48. The Morgan fingerprint density at radius 1 is 0.741 bits per heavy atom. The zero-order chi connectivity index (χ0) is 19.4. The summed E-state index contributed by atoms with van der Waals surface area (Å²) in [6.45, 7) is 0. The third-order valence-electron chi connectivity index (χ3n) is 4.44. The van der Waals surface area contributed by atoms with Crippen LogP contribution in [0.5, 0.6) is 0 Å². The van der Waals surface area contributed by atoms with E-state index in [0.29, 0.717) is 6.42 Å². The molecule has 0 heterocycles. The average molecular weight is 362 g/mol. The summed E-state index contributed by atoms with van der Waals surface area (Å²) < 4.78 is 14.8. The van der Waals surface area contributed by atoms with E-state index >= 15 is 0 Å². The number of hydrogen-bond donors (Lipinski definition) is 2. The Bertz CT molecular complexity index is 968. The van der Waals surface area contributed by atoms with Crippen LogP contribution in [0, 0.1) is 5.82 Å². The van der Waals surface area contributed by atoms with E-state index in [2.05, 4.69) is 0 Å². The number of aryl methyl sites for hydroxylation is 2. The first kappa shape index (κ1) is 18.3. The van der Waals surface area contributed by atoms with E-state index < -0.39 is 17.6 Å². The second-order valence-corrected chi connectivity index (χ2v) is 6.26. The number of primary amides is 2. The first-order valence-electron chi connectivity index (χ1n) is 8.52. The summed E-state index contributed by atoms with van der Waals surface area (Å²) in [5.41, 5.74) is 13.2. The van der Waals surface area contributed by atoms with E-state index in [1.807, 2.05) is 30.3 Å². The summed E-state index contributed by atoms with van der Waals surface area (Å²) in [5, 5.41) is 0. The highest BCUT2D eigenvalue weighted by Gasteiger charge is 2.20. The van der Waals surface area contributed by atoms with Gasteiger partial charge in [-0.2, -0.15) is 0 Å². The van der Waals surface area contributed by atoms with E-state index in [9.17, 15) is 14.0 Å². The minimum absolute atomic E-state index is 0.0576. The molecule has 0 radical (unpaired) electrons. The Morgan fingerprint density at radius 2 is 1.33 bits per heavy atom. The predicted molar refractivity (Wildman–Crippen MR) is 103 cm³/mol. The first-order chi connectivity index (χ1) is 13.0. The molecule has 2 amide bonds. The van der Waals surface area contributed by atoms with Crippen molar-refractivity contribution in [2.45, 2.75) is 12.8 Å². The first-order valence-corrected chi connectivity index (χ1v) is 8.52. The lowest BCUT2D eigenvalue weighted by atomic mass is 9.92. The van der Waals surface area contributed by atoms with Crippen LogP contribution < -0.4 is 11.5 Å². The molecule has 0 unspecified atom stereocenters. The number of benzene rings is 3. The summed E-state index contributed by atoms with van der Waals surface area (Å²) in [6, 6.07) is 19.1. The molecule has 5 heteroatoms. The molecule has 0 aliphatic heterocycles. The van der Waals surface area contributed by atoms with Crippen molar-refractivity contribution in [2.75, 3.05) is 0 Å². The molecule has 0 spiro atoms. The van der Waals surface area contributed by atoms with Gasteiger partial charge in [-0.15, -0.1) is 0 Å². The maximum absolute atomic E-state index is 14.8. The van der Waals surface area contributed by atoms with Crippen molar-refractivity contribution in [2.24, 2.45) is 11.5 Å². The van der Waals surface area contributed by atoms with Gasteiger partial charge in [-0.05, 0) is 42.2 Å². The number of rotatable bonds is 6. The fourth-order valence-electron chi connectivity index (χ4n) is 3.10. The van der Waals surface area contributed by atoms with Gasteiger partial charge < -0.3 is 11.5 Å². The van der Waals surface area contributed by atoms with Crippen LogP contribution in [0.2, 0.25) is 0 Å². The van der Waals surface area contributed by atoms with Crippen LogP contribution in [0.15, 0.2) is 66.7 Å². The summed E-state index contributed by atoms with van der Waals surface area (Å²) in [5.74, 6) is -2.03. The van der Waals surface area contributed by atoms with Crippen molar-refractivity contribution in [1.82, 2.24) is 0 Å². The number of hydrogen-bond acceptors (Lipinski definition) is 2. The number of nitrogens with two attached hydrogens (primary N) is 2. The fourth-order valence-corrected chi connectivity index (χ4v) is 3.10. The summed E-state index contributed by atoms with van der Waals surface area (Å²) in [7, 11) is 0. The minimum Gasteiger partial charge on any atom is -0.366 e. The second kappa shape index (κ2) is 7.83. The molecule has 0 bridgehead atoms. The topological polar surface area (TPSA) is 86.2 Å². The summed E-state index contributed by atoms with van der Waals surface area (Å²) in [6.07, 6.45) is 1.45. The van der Waals surface area contributed by atoms with Gasteiger partial charge in [0, 0.05) is 22.3 Å². The smallest absolute Gasteiger partial charge is 0.249 e. The Hall–Kier alpha value is -3.47. The van der Waals surface area contributed by atoms with Gasteiger partial charge in [0.2, 0.25) is 11.8 Å². The highest BCUT2D eigenvalue weighted by atomic mass is 19.1. The van der Waals surface area contributed by atoms with Gasteiger partial charge in [0.15, 0.2) is 0 Å². The molecule has 3 rings (SSSR count). The van der Waals surface area contributed by atoms with E-state index in [1.165, 1.54) is 24.3 Å². The number of carbonyl (C=O) groups is 2. The highest BCUT2D eigenvalue weighted by Crippen LogP contribution is 2.30. The normalized spacial score (nSPS) is 10.6. The van der Waals surface area contributed by atoms with Crippen molar-refractivity contribution in [3.63, 3.8) is 0 Å². The minimum atomic E-state index is -0.749. The van der Waals surface area contributed by atoms with Crippen LogP contribution in [-0.4, -0.2) is 11.8 Å². The lowest BCUT2D eigenvalue weighted by Crippen LogP contribution is -2.18. The van der Waals surface area contributed by atoms with Gasteiger partial charge in [-0.25, -0.2) is 4.39 Å². The molecular weight excluding hydrogens is 343 g/mol. The van der Waals surface area contributed by atoms with Crippen LogP contribution in [0.3, 0.4) is 0 Å². The van der Waals surface area contributed by atoms with Crippen LogP contribution in [0.25, 0.3) is 11.1 Å². The van der Waals surface area contributed by atoms with Crippen LogP contribution in [-0.2, 0) is 12.8 Å². The Morgan fingerprint density at radius 3 is 1.89 bits per heavy atom. The van der Waals surface area contributed by atoms with E-state index in [1.54, 1.807) is 12.1 Å². The third kappa shape index (κ3) is 4.03. The van der Waals surface area contributed by atoms with Gasteiger partial charge in [-0.1, -0.05) is 48.5 Å². The van der Waals surface area contributed by atoms with Crippen molar-refractivity contribution in [3.8, 4) is 11.1 Å². The Kier molecular flexibility index (Phi) is 5.31. The lowest BCUT2D eigenvalue weighted by molar-refractivity contribution is 0.0999. The Balaban J connectivity index is 1.97. The van der Waals surface area contributed by atoms with Crippen LogP contribution in [0.1, 0.15) is 31.8 Å². The zero-order valence-electron chi connectivity index (χ0n) is 14.6. The van der Waals surface area contributed by atoms with E-state index in [0.717, 1.165) is 17.5 Å². The van der Waals surface area contributed by atoms with E-state index in [4.69, 9.17) is 11.5 Å². The van der Waals surface area contributed by atoms with Crippen molar-refractivity contribution in [3.05, 3.63) is 94.8 Å². The molecule has 4 N–H and O–H groups in total. The van der Waals surface area contributed by atoms with Crippen molar-refractivity contribution in [1.29, 1.82) is 0 Å². The van der Waals surface area contributed by atoms with Gasteiger partial charge >= 0.3 is 0 Å². The summed E-state index contributed by atoms with van der Waals surface area (Å²) in [4.78, 5) is 23.5. The zero-order valence-corrected chi connectivity index (χ0v) is 14.6. The van der Waals surface area contributed by atoms with Crippen molar-refractivity contribution >= 4 is 11.8 Å². The van der Waals surface area contributed by atoms with Crippen LogP contribution >= 0.6 is 0 Å². The highest BCUT2D eigenvalue weighted by molar-refractivity contribution is 6.08. The molecule has 0 aliphatic carbocycles. The van der Waals surface area contributed by atoms with Gasteiger partial charge in [-0.3, -0.25) is 9.59 Å². The molecular formula is C22H19FN2O2. The largest absolute Gasteiger partial charge is 0.366 e. The maximum atomic E-state index is 14.8. The standard InChI is InChI=1S/C22H19FN2O2/c23-19-13-15(10-9-14-5-2-1-3-6-14)11-12-16(19)20-17(21(24)26)7-4-8-18(20)22(25)27/h1-8,11-13H,9-10H2,(H2,24,26)(H2,25,27). The monoisotopic (exact) mass is 362 g/mol. The molecule has 136 valence electrons. The van der Waals surface area contributed by atoms with Gasteiger partial charge in [0.25, 0.3) is 0 Å². The molecule has 3 aromatic carbocycles. The molecule has 0 aromatic heterocycles. The van der Waals surface area contributed by atoms with Gasteiger partial charge in [0.1, 0.15) is 5.82 Å².